The van der Waals surface area contributed by atoms with E-state index in [4.69, 9.17) is 0 Å². The molecular weight excluding hydrogens is 408 g/mol. The highest BCUT2D eigenvalue weighted by atomic mass is 16.3. The van der Waals surface area contributed by atoms with E-state index in [1.807, 2.05) is 11.6 Å². The average molecular weight is 457 g/mol. The van der Waals surface area contributed by atoms with Crippen molar-refractivity contribution in [3.05, 3.63) is 5.82 Å². The lowest BCUT2D eigenvalue weighted by atomic mass is 9.40. The summed E-state index contributed by atoms with van der Waals surface area (Å²) < 4.78 is 2.02. The van der Waals surface area contributed by atoms with E-state index in [0.717, 1.165) is 67.6 Å². The van der Waals surface area contributed by atoms with Gasteiger partial charge in [0.15, 0.2) is 0 Å². The maximum Gasteiger partial charge on any atom is 0.148 e. The van der Waals surface area contributed by atoms with Crippen molar-refractivity contribution < 1.29 is 5.11 Å². The number of tetrazole rings is 1. The fourth-order valence-electron chi connectivity index (χ4n) is 10.0. The number of aromatic nitrogens is 4. The van der Waals surface area contributed by atoms with Gasteiger partial charge in [0.1, 0.15) is 5.82 Å². The Morgan fingerprint density at radius 1 is 1.03 bits per heavy atom. The normalized spacial score (nSPS) is 46.2. The zero-order valence-corrected chi connectivity index (χ0v) is 21.9. The van der Waals surface area contributed by atoms with Crippen LogP contribution in [0.2, 0.25) is 0 Å². The van der Waals surface area contributed by atoms with Gasteiger partial charge < -0.3 is 5.11 Å². The van der Waals surface area contributed by atoms with Crippen molar-refractivity contribution in [1.29, 1.82) is 0 Å². The molecular formula is C28H48N4O. The summed E-state index contributed by atoms with van der Waals surface area (Å²) in [5.41, 5.74) is 0.530. The third-order valence-corrected chi connectivity index (χ3v) is 11.7. The van der Waals surface area contributed by atoms with E-state index in [1.54, 1.807) is 0 Å². The maximum absolute atomic E-state index is 11.3. The number of fused-ring (bicyclic) bond motifs is 5. The van der Waals surface area contributed by atoms with Crippen LogP contribution >= 0.6 is 0 Å². The van der Waals surface area contributed by atoms with E-state index >= 15 is 0 Å². The molecule has 5 nitrogen and oxygen atoms in total. The van der Waals surface area contributed by atoms with Crippen molar-refractivity contribution in [2.24, 2.45) is 46.3 Å². The Hall–Kier alpha value is -0.970. The molecule has 4 aliphatic rings. The van der Waals surface area contributed by atoms with Gasteiger partial charge in [-0.3, -0.25) is 0 Å². The molecule has 0 aliphatic heterocycles. The van der Waals surface area contributed by atoms with E-state index in [1.165, 1.54) is 51.4 Å². The predicted octanol–water partition coefficient (Wildman–Crippen LogP) is 6.20. The Kier molecular flexibility index (Phi) is 6.19. The summed E-state index contributed by atoms with van der Waals surface area (Å²) in [5, 5.41) is 23.5. The second kappa shape index (κ2) is 8.60. The van der Waals surface area contributed by atoms with Crippen molar-refractivity contribution >= 4 is 0 Å². The maximum atomic E-state index is 11.3. The van der Waals surface area contributed by atoms with Crippen LogP contribution in [0.1, 0.15) is 111 Å². The van der Waals surface area contributed by atoms with Crippen LogP contribution in [0.4, 0.5) is 0 Å². The molecule has 0 amide bonds. The molecule has 0 spiro atoms. The van der Waals surface area contributed by atoms with Crippen molar-refractivity contribution in [2.75, 3.05) is 0 Å². The average Bonchev–Trinajstić information content (AvgIpc) is 3.17. The second-order valence-electron chi connectivity index (χ2n) is 13.3. The molecule has 33 heavy (non-hydrogen) atoms. The molecule has 4 aliphatic carbocycles. The number of hydrogen-bond acceptors (Lipinski definition) is 4. The van der Waals surface area contributed by atoms with Gasteiger partial charge >= 0.3 is 0 Å². The Balaban J connectivity index is 1.35. The van der Waals surface area contributed by atoms with E-state index in [9.17, 15) is 5.11 Å². The van der Waals surface area contributed by atoms with Crippen LogP contribution < -0.4 is 0 Å². The third-order valence-electron chi connectivity index (χ3n) is 11.7. The van der Waals surface area contributed by atoms with Gasteiger partial charge in [0, 0.05) is 6.54 Å². The molecule has 5 rings (SSSR count). The predicted molar refractivity (Wildman–Crippen MR) is 131 cm³/mol. The Bertz CT molecular complexity index is 840. The summed E-state index contributed by atoms with van der Waals surface area (Å²) in [6.07, 6.45) is 15.2. The highest BCUT2D eigenvalue weighted by Gasteiger charge is 2.60. The van der Waals surface area contributed by atoms with E-state index in [-0.39, 0.29) is 5.60 Å². The first-order chi connectivity index (χ1) is 15.7. The van der Waals surface area contributed by atoms with Gasteiger partial charge in [-0.25, -0.2) is 4.68 Å². The first-order valence-corrected chi connectivity index (χ1v) is 14.2. The van der Waals surface area contributed by atoms with Gasteiger partial charge in [-0.2, -0.15) is 0 Å². The summed E-state index contributed by atoms with van der Waals surface area (Å²) >= 11 is 0. The molecule has 0 bridgehead atoms. The standard InChI is InChI=1S/C28H48N4O/c1-6-13-28(33)16-15-26(4)21(17-28)10-11-22-24-9-7-8-23(27(24,5)14-12-25(22)26)19(2)18-32-20(3)29-30-31-32/h19,21-25,33H,6-18H2,1-5H3/t19-,21-,22-,23+,24-,25-,26-,27+,28+/m0/s1. The summed E-state index contributed by atoms with van der Waals surface area (Å²) in [6.45, 7) is 13.0. The molecule has 0 radical (unpaired) electrons. The Labute approximate surface area is 201 Å². The summed E-state index contributed by atoms with van der Waals surface area (Å²) in [7, 11) is 0. The molecule has 5 heteroatoms. The van der Waals surface area contributed by atoms with Crippen LogP contribution in [0.3, 0.4) is 0 Å². The number of hydrogen-bond donors (Lipinski definition) is 1. The van der Waals surface area contributed by atoms with Gasteiger partial charge in [-0.05, 0) is 128 Å². The fourth-order valence-corrected chi connectivity index (χ4v) is 10.0. The van der Waals surface area contributed by atoms with Crippen LogP contribution in [0.5, 0.6) is 0 Å². The molecule has 186 valence electrons. The number of aliphatic hydroxyl groups is 1. The van der Waals surface area contributed by atoms with Crippen molar-refractivity contribution in [1.82, 2.24) is 20.2 Å². The molecule has 9 atom stereocenters. The molecule has 0 unspecified atom stereocenters. The fraction of sp³-hybridized carbons (Fsp3) is 0.964. The molecule has 4 saturated carbocycles. The molecule has 1 aromatic heterocycles. The van der Waals surface area contributed by atoms with Gasteiger partial charge in [0.2, 0.25) is 0 Å². The van der Waals surface area contributed by atoms with E-state index in [0.29, 0.717) is 16.7 Å². The summed E-state index contributed by atoms with van der Waals surface area (Å²) in [6, 6.07) is 0. The van der Waals surface area contributed by atoms with Crippen molar-refractivity contribution in [3.63, 3.8) is 0 Å². The second-order valence-corrected chi connectivity index (χ2v) is 13.3. The van der Waals surface area contributed by atoms with E-state index < -0.39 is 0 Å². The van der Waals surface area contributed by atoms with Crippen LogP contribution in [0, 0.1) is 53.3 Å². The number of aryl methyl sites for hydroxylation is 1. The summed E-state index contributed by atoms with van der Waals surface area (Å²) in [5.74, 6) is 5.70. The molecule has 0 saturated heterocycles. The largest absolute Gasteiger partial charge is 0.390 e. The van der Waals surface area contributed by atoms with Gasteiger partial charge in [-0.15, -0.1) is 5.10 Å². The Morgan fingerprint density at radius 3 is 2.55 bits per heavy atom. The van der Waals surface area contributed by atoms with Crippen molar-refractivity contribution in [3.8, 4) is 0 Å². The van der Waals surface area contributed by atoms with Crippen LogP contribution in [0.25, 0.3) is 0 Å². The van der Waals surface area contributed by atoms with Gasteiger partial charge in [0.05, 0.1) is 5.60 Å². The molecule has 0 aromatic carbocycles. The van der Waals surface area contributed by atoms with Crippen molar-refractivity contribution in [2.45, 2.75) is 124 Å². The first-order valence-electron chi connectivity index (χ1n) is 14.2. The highest BCUT2D eigenvalue weighted by molar-refractivity contribution is 5.10. The number of nitrogens with zero attached hydrogens (tertiary/aromatic N) is 4. The smallest absolute Gasteiger partial charge is 0.148 e. The van der Waals surface area contributed by atoms with Crippen LogP contribution in [-0.4, -0.2) is 30.9 Å². The zero-order valence-electron chi connectivity index (χ0n) is 21.9. The van der Waals surface area contributed by atoms with Gasteiger partial charge in [0.25, 0.3) is 0 Å². The third kappa shape index (κ3) is 3.89. The lowest BCUT2D eigenvalue weighted by molar-refractivity contribution is -0.173. The van der Waals surface area contributed by atoms with Crippen LogP contribution in [0.15, 0.2) is 0 Å². The topological polar surface area (TPSA) is 63.8 Å². The Morgan fingerprint density at radius 2 is 1.82 bits per heavy atom. The van der Waals surface area contributed by atoms with E-state index in [2.05, 4.69) is 43.2 Å². The highest BCUT2D eigenvalue weighted by Crippen LogP contribution is 2.67. The molecule has 1 heterocycles. The minimum Gasteiger partial charge on any atom is -0.390 e. The quantitative estimate of drug-likeness (QED) is 0.573. The lowest BCUT2D eigenvalue weighted by Gasteiger charge is -2.65. The monoisotopic (exact) mass is 456 g/mol. The molecule has 1 N–H and O–H groups in total. The zero-order chi connectivity index (χ0) is 23.4. The lowest BCUT2D eigenvalue weighted by Crippen LogP contribution is -2.58. The minimum atomic E-state index is -0.380. The first kappa shape index (κ1) is 23.8. The molecule has 4 fully saturated rings. The minimum absolute atomic E-state index is 0.380. The molecule has 1 aromatic rings. The summed E-state index contributed by atoms with van der Waals surface area (Å²) in [4.78, 5) is 0. The van der Waals surface area contributed by atoms with Gasteiger partial charge in [-0.1, -0.05) is 40.5 Å². The van der Waals surface area contributed by atoms with Crippen LogP contribution in [-0.2, 0) is 6.54 Å². The number of rotatable bonds is 5. The SMILES string of the molecule is CCC[C@@]1(O)CC[C@@]2(C)[C@@H](CC[C@@H]3[C@@H]2CC[C@]2(C)[C@@H]([C@@H](C)Cn4nnnc4C)CCC[C@@H]32)C1.